The van der Waals surface area contributed by atoms with Crippen LogP contribution in [-0.4, -0.2) is 13.5 Å². The van der Waals surface area contributed by atoms with Gasteiger partial charge >= 0.3 is 0 Å². The Morgan fingerprint density at radius 2 is 1.90 bits per heavy atom. The third-order valence-corrected chi connectivity index (χ3v) is 4.82. The summed E-state index contributed by atoms with van der Waals surface area (Å²) < 4.78 is 46.0. The lowest BCUT2D eigenvalue weighted by Crippen LogP contribution is -2.16. The van der Waals surface area contributed by atoms with Gasteiger partial charge in [-0.1, -0.05) is 6.07 Å². The highest BCUT2D eigenvalue weighted by atomic mass is 32.2. The molecule has 0 aliphatic rings. The summed E-state index contributed by atoms with van der Waals surface area (Å²) in [7, 11) is -3.98. The molecule has 0 fully saturated rings. The average Bonchev–Trinajstić information content (AvgIpc) is 2.69. The Kier molecular flexibility index (Phi) is 4.06. The second-order valence-corrected chi connectivity index (χ2v) is 6.32. The molecule has 0 unspecified atom stereocenters. The summed E-state index contributed by atoms with van der Waals surface area (Å²) in [5.41, 5.74) is 0.552. The van der Waals surface area contributed by atoms with Gasteiger partial charge in [0.15, 0.2) is 0 Å². The average molecular weight is 313 g/mol. The van der Waals surface area contributed by atoms with Crippen molar-refractivity contribution in [2.24, 2.45) is 0 Å². The van der Waals surface area contributed by atoms with Crippen LogP contribution in [0.1, 0.15) is 22.6 Å². The van der Waals surface area contributed by atoms with Gasteiger partial charge in [0.2, 0.25) is 0 Å². The Hall–Kier alpha value is -1.86. The highest BCUT2D eigenvalue weighted by molar-refractivity contribution is 7.92. The maximum absolute atomic E-state index is 13.5. The van der Waals surface area contributed by atoms with Gasteiger partial charge < -0.3 is 9.52 Å². The van der Waals surface area contributed by atoms with Crippen molar-refractivity contribution < 1.29 is 22.3 Å². The van der Waals surface area contributed by atoms with Crippen LogP contribution in [-0.2, 0) is 16.6 Å². The lowest BCUT2D eigenvalue weighted by atomic mass is 10.2. The number of aryl methyl sites for hydroxylation is 2. The fourth-order valence-corrected chi connectivity index (χ4v) is 3.72. The van der Waals surface area contributed by atoms with Crippen molar-refractivity contribution in [3.63, 3.8) is 0 Å². The second kappa shape index (κ2) is 5.50. The molecule has 1 aromatic carbocycles. The number of halogens is 1. The third-order valence-electron chi connectivity index (χ3n) is 3.26. The molecule has 7 heteroatoms. The van der Waals surface area contributed by atoms with E-state index in [4.69, 9.17) is 4.42 Å². The van der Waals surface area contributed by atoms with Gasteiger partial charge in [-0.05, 0) is 32.9 Å². The second-order valence-electron chi connectivity index (χ2n) is 4.70. The van der Waals surface area contributed by atoms with E-state index in [-0.39, 0.29) is 27.5 Å². The van der Waals surface area contributed by atoms with Crippen LogP contribution in [0, 0.1) is 26.6 Å². The molecule has 114 valence electrons. The molecule has 0 radical (unpaired) electrons. The number of benzene rings is 1. The minimum Gasteiger partial charge on any atom is -0.465 e. The Balaban J connectivity index is 2.51. The van der Waals surface area contributed by atoms with E-state index in [0.29, 0.717) is 5.76 Å². The van der Waals surface area contributed by atoms with Crippen molar-refractivity contribution in [1.82, 2.24) is 0 Å². The van der Waals surface area contributed by atoms with Crippen LogP contribution in [0.4, 0.5) is 10.1 Å². The molecule has 0 saturated heterocycles. The van der Waals surface area contributed by atoms with E-state index in [1.54, 1.807) is 6.92 Å². The largest absolute Gasteiger partial charge is 0.465 e. The van der Waals surface area contributed by atoms with Crippen LogP contribution in [0.2, 0.25) is 0 Å². The number of furan rings is 1. The SMILES string of the molecule is Cc1oc(C)c(S(=O)(=O)Nc2cccc(F)c2C)c1CO. The Labute approximate surface area is 122 Å². The first-order valence-electron chi connectivity index (χ1n) is 6.25. The first-order chi connectivity index (χ1) is 9.77. The number of aliphatic hydroxyl groups is 1. The van der Waals surface area contributed by atoms with Crippen LogP contribution < -0.4 is 4.72 Å². The number of aliphatic hydroxyl groups excluding tert-OH is 1. The Morgan fingerprint density at radius 1 is 1.24 bits per heavy atom. The van der Waals surface area contributed by atoms with Crippen LogP contribution in [0.3, 0.4) is 0 Å². The molecule has 2 N–H and O–H groups in total. The molecule has 21 heavy (non-hydrogen) atoms. The molecule has 0 aliphatic heterocycles. The quantitative estimate of drug-likeness (QED) is 0.909. The zero-order valence-corrected chi connectivity index (χ0v) is 12.7. The molecule has 0 amide bonds. The van der Waals surface area contributed by atoms with Gasteiger partial charge in [-0.25, -0.2) is 12.8 Å². The van der Waals surface area contributed by atoms with Crippen molar-refractivity contribution in [1.29, 1.82) is 0 Å². The van der Waals surface area contributed by atoms with Crippen LogP contribution >= 0.6 is 0 Å². The maximum atomic E-state index is 13.5. The summed E-state index contributed by atoms with van der Waals surface area (Å²) in [5, 5.41) is 9.33. The third kappa shape index (κ3) is 2.79. The number of hydrogen-bond acceptors (Lipinski definition) is 4. The first kappa shape index (κ1) is 15.5. The van der Waals surface area contributed by atoms with Gasteiger partial charge in [-0.15, -0.1) is 0 Å². The minimum absolute atomic E-state index is 0.105. The van der Waals surface area contributed by atoms with Crippen molar-refractivity contribution in [2.75, 3.05) is 4.72 Å². The van der Waals surface area contributed by atoms with E-state index in [9.17, 15) is 17.9 Å². The fraction of sp³-hybridized carbons (Fsp3) is 0.286. The predicted molar refractivity (Wildman–Crippen MR) is 76.1 cm³/mol. The standard InChI is InChI=1S/C14H16FNO4S/c1-8-12(15)5-4-6-13(8)16-21(18,19)14-10(3)20-9(2)11(14)7-17/h4-6,16-17H,7H2,1-3H3. The molecular weight excluding hydrogens is 297 g/mol. The Morgan fingerprint density at radius 3 is 2.52 bits per heavy atom. The molecule has 2 aromatic rings. The van der Waals surface area contributed by atoms with Crippen LogP contribution in [0.25, 0.3) is 0 Å². The van der Waals surface area contributed by atoms with Gasteiger partial charge in [-0.2, -0.15) is 0 Å². The summed E-state index contributed by atoms with van der Waals surface area (Å²) in [5.74, 6) is 0.0159. The molecule has 0 aliphatic carbocycles. The van der Waals surface area contributed by atoms with Crippen molar-refractivity contribution in [3.05, 3.63) is 46.7 Å². The summed E-state index contributed by atoms with van der Waals surface area (Å²) in [6.07, 6.45) is 0. The van der Waals surface area contributed by atoms with Gasteiger partial charge in [0.1, 0.15) is 22.2 Å². The Bertz CT molecular complexity index is 781. The molecule has 1 aromatic heterocycles. The lowest BCUT2D eigenvalue weighted by molar-refractivity contribution is 0.276. The van der Waals surface area contributed by atoms with E-state index in [0.717, 1.165) is 0 Å². The molecule has 0 spiro atoms. The summed E-state index contributed by atoms with van der Waals surface area (Å²) in [4.78, 5) is -0.105. The highest BCUT2D eigenvalue weighted by Crippen LogP contribution is 2.29. The van der Waals surface area contributed by atoms with Crippen molar-refractivity contribution >= 4 is 15.7 Å². The number of rotatable bonds is 4. The highest BCUT2D eigenvalue weighted by Gasteiger charge is 2.27. The molecule has 1 heterocycles. The van der Waals surface area contributed by atoms with Crippen LogP contribution in [0.5, 0.6) is 0 Å². The summed E-state index contributed by atoms with van der Waals surface area (Å²) >= 11 is 0. The maximum Gasteiger partial charge on any atom is 0.265 e. The fourth-order valence-electron chi connectivity index (χ4n) is 2.16. The molecule has 2 rings (SSSR count). The topological polar surface area (TPSA) is 79.5 Å². The van der Waals surface area contributed by atoms with Gasteiger partial charge in [0.05, 0.1) is 12.3 Å². The molecule has 0 atom stereocenters. The normalized spacial score (nSPS) is 11.7. The van der Waals surface area contributed by atoms with Crippen molar-refractivity contribution in [3.8, 4) is 0 Å². The van der Waals surface area contributed by atoms with E-state index >= 15 is 0 Å². The monoisotopic (exact) mass is 313 g/mol. The molecule has 0 saturated carbocycles. The minimum atomic E-state index is -3.98. The van der Waals surface area contributed by atoms with Gasteiger partial charge in [0.25, 0.3) is 10.0 Å². The number of anilines is 1. The number of hydrogen-bond donors (Lipinski definition) is 2. The molecule has 0 bridgehead atoms. The zero-order valence-electron chi connectivity index (χ0n) is 11.9. The van der Waals surface area contributed by atoms with Gasteiger partial charge in [0, 0.05) is 11.1 Å². The molecule has 5 nitrogen and oxygen atoms in total. The number of sulfonamides is 1. The van der Waals surface area contributed by atoms with E-state index in [1.807, 2.05) is 0 Å². The lowest BCUT2D eigenvalue weighted by Gasteiger charge is -2.11. The summed E-state index contributed by atoms with van der Waals surface area (Å²) in [6.45, 7) is 4.10. The van der Waals surface area contributed by atoms with Gasteiger partial charge in [-0.3, -0.25) is 4.72 Å². The first-order valence-corrected chi connectivity index (χ1v) is 7.74. The van der Waals surface area contributed by atoms with E-state index < -0.39 is 22.4 Å². The van der Waals surface area contributed by atoms with E-state index in [2.05, 4.69) is 4.72 Å². The van der Waals surface area contributed by atoms with E-state index in [1.165, 1.54) is 32.0 Å². The predicted octanol–water partition coefficient (Wildman–Crippen LogP) is 2.64. The smallest absolute Gasteiger partial charge is 0.265 e. The van der Waals surface area contributed by atoms with Crippen molar-refractivity contribution in [2.45, 2.75) is 32.3 Å². The molecular formula is C14H16FNO4S. The number of nitrogens with one attached hydrogen (secondary N) is 1. The van der Waals surface area contributed by atoms with Crippen LogP contribution in [0.15, 0.2) is 27.5 Å². The zero-order chi connectivity index (χ0) is 15.8. The summed E-state index contributed by atoms with van der Waals surface area (Å²) in [6, 6.07) is 4.14.